The van der Waals surface area contributed by atoms with Crippen LogP contribution < -0.4 is 4.90 Å². The molecule has 2 aromatic rings. The first-order valence-corrected chi connectivity index (χ1v) is 7.84. The minimum absolute atomic E-state index is 0.373. The fourth-order valence-electron chi connectivity index (χ4n) is 2.76. The van der Waals surface area contributed by atoms with Crippen molar-refractivity contribution < 1.29 is 9.53 Å². The molecule has 0 atom stereocenters. The van der Waals surface area contributed by atoms with E-state index in [9.17, 15) is 4.79 Å². The molecular weight excluding hydrogens is 288 g/mol. The van der Waals surface area contributed by atoms with E-state index in [0.717, 1.165) is 18.7 Å². The lowest BCUT2D eigenvalue weighted by atomic mass is 10.1. The Bertz CT molecular complexity index is 702. The molecule has 0 bridgehead atoms. The van der Waals surface area contributed by atoms with Crippen LogP contribution in [0.3, 0.4) is 0 Å². The molecule has 1 aliphatic rings. The Hall–Kier alpha value is -2.62. The third-order valence-corrected chi connectivity index (χ3v) is 4.03. The maximum atomic E-state index is 11.7. The van der Waals surface area contributed by atoms with Gasteiger partial charge in [0.05, 0.1) is 18.4 Å². The number of methoxy groups -OCH3 is 1. The van der Waals surface area contributed by atoms with E-state index in [4.69, 9.17) is 4.74 Å². The third kappa shape index (κ3) is 3.59. The fourth-order valence-corrected chi connectivity index (χ4v) is 2.76. The van der Waals surface area contributed by atoms with Gasteiger partial charge in [0.1, 0.15) is 0 Å². The van der Waals surface area contributed by atoms with E-state index in [1.807, 2.05) is 6.07 Å². The quantitative estimate of drug-likeness (QED) is 0.637. The van der Waals surface area contributed by atoms with Crippen LogP contribution in [-0.2, 0) is 4.74 Å². The van der Waals surface area contributed by atoms with Gasteiger partial charge in [-0.3, -0.25) is 4.99 Å². The average molecular weight is 308 g/mol. The number of aliphatic imine (C=N–C) groups is 1. The van der Waals surface area contributed by atoms with E-state index < -0.39 is 0 Å². The highest BCUT2D eigenvalue weighted by Crippen LogP contribution is 2.21. The summed E-state index contributed by atoms with van der Waals surface area (Å²) in [5, 5.41) is 0. The van der Waals surface area contributed by atoms with Crippen LogP contribution >= 0.6 is 0 Å². The van der Waals surface area contributed by atoms with Gasteiger partial charge in [-0.2, -0.15) is 0 Å². The minimum Gasteiger partial charge on any atom is -0.465 e. The Balaban J connectivity index is 1.76. The van der Waals surface area contributed by atoms with Crippen molar-refractivity contribution in [3.05, 3.63) is 59.7 Å². The molecule has 3 rings (SSSR count). The predicted molar refractivity (Wildman–Crippen MR) is 92.9 cm³/mol. The first-order chi connectivity index (χ1) is 11.3. The average Bonchev–Trinajstić information content (AvgIpc) is 3.14. The van der Waals surface area contributed by atoms with Gasteiger partial charge < -0.3 is 9.64 Å². The van der Waals surface area contributed by atoms with Gasteiger partial charge in [-0.05, 0) is 42.7 Å². The molecule has 2 aromatic carbocycles. The van der Waals surface area contributed by atoms with Crippen molar-refractivity contribution in [2.75, 3.05) is 25.1 Å². The van der Waals surface area contributed by atoms with Crippen LogP contribution in [0.1, 0.15) is 28.8 Å². The molecule has 1 aliphatic heterocycles. The lowest BCUT2D eigenvalue weighted by Gasteiger charge is -2.17. The number of ether oxygens (including phenoxy) is 1. The van der Waals surface area contributed by atoms with Crippen molar-refractivity contribution in [3.8, 4) is 0 Å². The Morgan fingerprint density at radius 3 is 2.48 bits per heavy atom. The molecule has 0 unspecified atom stereocenters. The minimum atomic E-state index is -0.373. The predicted octanol–water partition coefficient (Wildman–Crippen LogP) is 3.82. The molecular formula is C19H20N2O2. The van der Waals surface area contributed by atoms with E-state index in [1.165, 1.54) is 25.6 Å². The SMILES string of the molecule is COC(=O)c1ccccc1N=Cc1ccc(N2CCCC2)cc1. The third-order valence-electron chi connectivity index (χ3n) is 4.03. The zero-order chi connectivity index (χ0) is 16.1. The second-order valence-corrected chi connectivity index (χ2v) is 5.55. The standard InChI is InChI=1S/C19H20N2O2/c1-23-19(22)17-6-2-3-7-18(17)20-14-15-8-10-16(11-9-15)21-12-4-5-13-21/h2-3,6-11,14H,4-5,12-13H2,1H3. The normalized spacial score (nSPS) is 14.4. The van der Waals surface area contributed by atoms with Crippen molar-refractivity contribution in [2.45, 2.75) is 12.8 Å². The summed E-state index contributed by atoms with van der Waals surface area (Å²) in [6.45, 7) is 2.28. The van der Waals surface area contributed by atoms with Crippen LogP contribution in [0.25, 0.3) is 0 Å². The largest absolute Gasteiger partial charge is 0.465 e. The van der Waals surface area contributed by atoms with Crippen molar-refractivity contribution in [1.82, 2.24) is 0 Å². The summed E-state index contributed by atoms with van der Waals surface area (Å²) < 4.78 is 4.78. The zero-order valence-corrected chi connectivity index (χ0v) is 13.2. The number of carbonyl (C=O) groups excluding carboxylic acids is 1. The van der Waals surface area contributed by atoms with Crippen LogP contribution in [0.15, 0.2) is 53.5 Å². The Labute approximate surface area is 136 Å². The van der Waals surface area contributed by atoms with Crippen LogP contribution in [0.4, 0.5) is 11.4 Å². The van der Waals surface area contributed by atoms with Gasteiger partial charge in [-0.15, -0.1) is 0 Å². The maximum Gasteiger partial charge on any atom is 0.340 e. The molecule has 1 heterocycles. The van der Waals surface area contributed by atoms with Gasteiger partial charge in [-0.1, -0.05) is 24.3 Å². The number of rotatable bonds is 4. The summed E-state index contributed by atoms with van der Waals surface area (Å²) in [7, 11) is 1.37. The lowest BCUT2D eigenvalue weighted by molar-refractivity contribution is 0.0601. The van der Waals surface area contributed by atoms with E-state index in [0.29, 0.717) is 11.3 Å². The highest BCUT2D eigenvalue weighted by molar-refractivity contribution is 5.96. The summed E-state index contributed by atoms with van der Waals surface area (Å²) >= 11 is 0. The van der Waals surface area contributed by atoms with Crippen molar-refractivity contribution in [3.63, 3.8) is 0 Å². The Morgan fingerprint density at radius 1 is 1.09 bits per heavy atom. The number of hydrogen-bond acceptors (Lipinski definition) is 4. The molecule has 118 valence electrons. The lowest BCUT2D eigenvalue weighted by Crippen LogP contribution is -2.17. The van der Waals surface area contributed by atoms with Crippen LogP contribution in [0, 0.1) is 0 Å². The first-order valence-electron chi connectivity index (χ1n) is 7.84. The molecule has 0 aliphatic carbocycles. The molecule has 4 heteroatoms. The van der Waals surface area contributed by atoms with Crippen molar-refractivity contribution in [2.24, 2.45) is 4.99 Å². The number of benzene rings is 2. The molecule has 1 saturated heterocycles. The Kier molecular flexibility index (Phi) is 4.71. The van der Waals surface area contributed by atoms with Gasteiger partial charge in [-0.25, -0.2) is 4.79 Å². The monoisotopic (exact) mass is 308 g/mol. The summed E-state index contributed by atoms with van der Waals surface area (Å²) in [4.78, 5) is 18.6. The van der Waals surface area contributed by atoms with Crippen LogP contribution in [0.2, 0.25) is 0 Å². The second-order valence-electron chi connectivity index (χ2n) is 5.55. The molecule has 0 amide bonds. The van der Waals surface area contributed by atoms with Gasteiger partial charge in [0, 0.05) is 25.0 Å². The van der Waals surface area contributed by atoms with Crippen molar-refractivity contribution in [1.29, 1.82) is 0 Å². The maximum absolute atomic E-state index is 11.7. The van der Waals surface area contributed by atoms with E-state index in [-0.39, 0.29) is 5.97 Å². The highest BCUT2D eigenvalue weighted by Gasteiger charge is 2.12. The summed E-state index contributed by atoms with van der Waals surface area (Å²) in [6.07, 6.45) is 4.32. The zero-order valence-electron chi connectivity index (χ0n) is 13.2. The Morgan fingerprint density at radius 2 is 1.78 bits per heavy atom. The summed E-state index contributed by atoms with van der Waals surface area (Å²) in [6, 6.07) is 15.5. The summed E-state index contributed by atoms with van der Waals surface area (Å²) in [5.41, 5.74) is 3.35. The topological polar surface area (TPSA) is 41.9 Å². The van der Waals surface area contributed by atoms with Crippen molar-refractivity contribution >= 4 is 23.6 Å². The van der Waals surface area contributed by atoms with Gasteiger partial charge in [0.25, 0.3) is 0 Å². The van der Waals surface area contributed by atoms with Gasteiger partial charge in [0.15, 0.2) is 0 Å². The molecule has 0 saturated carbocycles. The number of anilines is 1. The highest BCUT2D eigenvalue weighted by atomic mass is 16.5. The van der Waals surface area contributed by atoms with E-state index in [2.05, 4.69) is 34.2 Å². The number of hydrogen-bond donors (Lipinski definition) is 0. The van der Waals surface area contributed by atoms with Crippen LogP contribution in [-0.4, -0.2) is 32.4 Å². The van der Waals surface area contributed by atoms with E-state index in [1.54, 1.807) is 24.4 Å². The number of esters is 1. The number of para-hydroxylation sites is 1. The fraction of sp³-hybridized carbons (Fsp3) is 0.263. The van der Waals surface area contributed by atoms with Gasteiger partial charge >= 0.3 is 5.97 Å². The first kappa shape index (κ1) is 15.3. The molecule has 4 nitrogen and oxygen atoms in total. The second kappa shape index (κ2) is 7.09. The molecule has 0 aromatic heterocycles. The molecule has 23 heavy (non-hydrogen) atoms. The number of nitrogens with zero attached hydrogens (tertiary/aromatic N) is 2. The van der Waals surface area contributed by atoms with Gasteiger partial charge in [0.2, 0.25) is 0 Å². The molecule has 1 fully saturated rings. The number of carbonyl (C=O) groups is 1. The molecule has 0 spiro atoms. The van der Waals surface area contributed by atoms with E-state index >= 15 is 0 Å². The summed E-state index contributed by atoms with van der Waals surface area (Å²) in [5.74, 6) is -0.373. The molecule has 0 N–H and O–H groups in total. The van der Waals surface area contributed by atoms with Crippen LogP contribution in [0.5, 0.6) is 0 Å². The smallest absolute Gasteiger partial charge is 0.340 e. The molecule has 0 radical (unpaired) electrons.